The molecule has 0 radical (unpaired) electrons. The van der Waals surface area contributed by atoms with E-state index in [0.29, 0.717) is 5.92 Å². The number of unbranched alkanes of at least 4 members (excludes halogenated alkanes) is 1. The molecule has 0 aliphatic heterocycles. The van der Waals surface area contributed by atoms with Crippen LogP contribution in [0.1, 0.15) is 62.4 Å². The summed E-state index contributed by atoms with van der Waals surface area (Å²) in [5.41, 5.74) is 4.79. The maximum Gasteiger partial charge on any atom is 0.122 e. The van der Waals surface area contributed by atoms with E-state index in [1.165, 1.54) is 27.4 Å². The van der Waals surface area contributed by atoms with Gasteiger partial charge in [0.2, 0.25) is 0 Å². The number of hydrogen-bond acceptors (Lipinski definition) is 3. The second-order valence-corrected chi connectivity index (χ2v) is 10.1. The van der Waals surface area contributed by atoms with E-state index in [1.807, 2.05) is 6.07 Å². The number of aryl methyl sites for hydroxylation is 1. The zero-order chi connectivity index (χ0) is 25.8. The lowest BCUT2D eigenvalue weighted by Crippen LogP contribution is -2.10. The molecule has 5 rings (SSSR count). The predicted octanol–water partition coefficient (Wildman–Crippen LogP) is 8.33. The number of imidazole rings is 1. The van der Waals surface area contributed by atoms with Crippen molar-refractivity contribution in [2.24, 2.45) is 0 Å². The quantitative estimate of drug-likeness (QED) is 0.184. The molecule has 0 amide bonds. The summed E-state index contributed by atoms with van der Waals surface area (Å²) in [6.45, 7) is 8.31. The summed E-state index contributed by atoms with van der Waals surface area (Å²) >= 11 is 0. The molecular weight excluding hydrogens is 456 g/mol. The molecule has 1 atom stereocenters. The molecule has 1 heterocycles. The molecule has 0 saturated heterocycles. The Hall–Kier alpha value is -3.79. The van der Waals surface area contributed by atoms with Crippen LogP contribution in [0.5, 0.6) is 11.5 Å². The Kier molecular flexibility index (Phi) is 7.45. The van der Waals surface area contributed by atoms with E-state index in [-0.39, 0.29) is 5.92 Å². The van der Waals surface area contributed by atoms with Gasteiger partial charge in [-0.25, -0.2) is 4.98 Å². The highest BCUT2D eigenvalue weighted by Gasteiger charge is 2.18. The Balaban J connectivity index is 1.33. The molecule has 0 aliphatic rings. The van der Waals surface area contributed by atoms with Crippen LogP contribution in [0, 0.1) is 0 Å². The zero-order valence-corrected chi connectivity index (χ0v) is 22.3. The fourth-order valence-corrected chi connectivity index (χ4v) is 5.09. The topological polar surface area (TPSA) is 36.3 Å². The van der Waals surface area contributed by atoms with E-state index in [2.05, 4.69) is 104 Å². The molecule has 0 N–H and O–H groups in total. The summed E-state index contributed by atoms with van der Waals surface area (Å²) in [4.78, 5) is 5.09. The van der Waals surface area contributed by atoms with Crippen molar-refractivity contribution < 1.29 is 9.47 Å². The number of ether oxygens (including phenoxy) is 2. The molecule has 0 bridgehead atoms. The first-order chi connectivity index (χ1) is 18.0. The van der Waals surface area contributed by atoms with Gasteiger partial charge < -0.3 is 14.0 Å². The fraction of sp³-hybridized carbons (Fsp3) is 0.303. The van der Waals surface area contributed by atoms with Crippen molar-refractivity contribution in [1.29, 1.82) is 0 Å². The summed E-state index contributed by atoms with van der Waals surface area (Å²) < 4.78 is 14.0. The van der Waals surface area contributed by atoms with Crippen LogP contribution in [0.15, 0.2) is 84.9 Å². The average Bonchev–Trinajstić information content (AvgIpc) is 3.30. The van der Waals surface area contributed by atoms with Crippen LogP contribution in [0.25, 0.3) is 21.8 Å². The van der Waals surface area contributed by atoms with E-state index in [9.17, 15) is 0 Å². The van der Waals surface area contributed by atoms with Crippen LogP contribution in [0.3, 0.4) is 0 Å². The van der Waals surface area contributed by atoms with Gasteiger partial charge in [-0.2, -0.15) is 0 Å². The molecule has 190 valence electrons. The molecule has 37 heavy (non-hydrogen) atoms. The Bertz CT molecular complexity index is 1500. The monoisotopic (exact) mass is 492 g/mol. The van der Waals surface area contributed by atoms with Crippen molar-refractivity contribution in [2.45, 2.75) is 52.0 Å². The second kappa shape index (κ2) is 11.1. The third-order valence-electron chi connectivity index (χ3n) is 7.22. The van der Waals surface area contributed by atoms with Crippen molar-refractivity contribution in [3.05, 3.63) is 102 Å². The second-order valence-electron chi connectivity index (χ2n) is 10.1. The normalized spacial score (nSPS) is 12.4. The van der Waals surface area contributed by atoms with Gasteiger partial charge >= 0.3 is 0 Å². The van der Waals surface area contributed by atoms with Crippen LogP contribution < -0.4 is 9.47 Å². The summed E-state index contributed by atoms with van der Waals surface area (Å²) in [5, 5.41) is 2.40. The molecule has 1 unspecified atom stereocenters. The number of fused-ring (bicyclic) bond motifs is 2. The number of rotatable bonds is 10. The maximum atomic E-state index is 6.18. The maximum absolute atomic E-state index is 6.18. The molecule has 5 aromatic rings. The molecule has 4 aromatic carbocycles. The van der Waals surface area contributed by atoms with Crippen molar-refractivity contribution in [3.8, 4) is 11.5 Å². The number of benzene rings is 4. The zero-order valence-electron chi connectivity index (χ0n) is 22.3. The lowest BCUT2D eigenvalue weighted by atomic mass is 9.97. The van der Waals surface area contributed by atoms with Gasteiger partial charge in [-0.15, -0.1) is 0 Å². The van der Waals surface area contributed by atoms with Crippen molar-refractivity contribution in [3.63, 3.8) is 0 Å². The summed E-state index contributed by atoms with van der Waals surface area (Å²) in [6, 6.07) is 29.8. The van der Waals surface area contributed by atoms with Crippen molar-refractivity contribution >= 4 is 21.8 Å². The third-order valence-corrected chi connectivity index (χ3v) is 7.22. The highest BCUT2D eigenvalue weighted by atomic mass is 16.5. The standard InChI is InChI=1S/C33H36N2O2/c1-23(2)29-11-5-8-14-32(29)37-20-10-9-19-35-31-13-7-6-12-30(31)34-33(35)24(3)25-15-16-27-22-28(36-4)18-17-26(27)21-25/h5-8,11-18,21-24H,9-10,19-20H2,1-4H3. The minimum atomic E-state index is 0.174. The van der Waals surface area contributed by atoms with Gasteiger partial charge in [-0.1, -0.05) is 75.4 Å². The van der Waals surface area contributed by atoms with Crippen LogP contribution in [0.2, 0.25) is 0 Å². The lowest BCUT2D eigenvalue weighted by molar-refractivity contribution is 0.299. The third kappa shape index (κ3) is 5.34. The van der Waals surface area contributed by atoms with Gasteiger partial charge in [0, 0.05) is 12.5 Å². The van der Waals surface area contributed by atoms with Crippen LogP contribution in [-0.4, -0.2) is 23.3 Å². The van der Waals surface area contributed by atoms with E-state index >= 15 is 0 Å². The lowest BCUT2D eigenvalue weighted by Gasteiger charge is -2.17. The first-order valence-electron chi connectivity index (χ1n) is 13.3. The molecule has 4 heteroatoms. The number of hydrogen-bond donors (Lipinski definition) is 0. The first-order valence-corrected chi connectivity index (χ1v) is 13.3. The van der Waals surface area contributed by atoms with Gasteiger partial charge in [0.05, 0.1) is 24.8 Å². The van der Waals surface area contributed by atoms with E-state index < -0.39 is 0 Å². The van der Waals surface area contributed by atoms with Crippen LogP contribution in [0.4, 0.5) is 0 Å². The van der Waals surface area contributed by atoms with Gasteiger partial charge in [0.25, 0.3) is 0 Å². The number of methoxy groups -OCH3 is 1. The van der Waals surface area contributed by atoms with Crippen molar-refractivity contribution in [2.75, 3.05) is 13.7 Å². The van der Waals surface area contributed by atoms with Crippen LogP contribution in [-0.2, 0) is 6.54 Å². The highest BCUT2D eigenvalue weighted by Crippen LogP contribution is 2.31. The Morgan fingerprint density at radius 2 is 1.57 bits per heavy atom. The first kappa shape index (κ1) is 24.9. The van der Waals surface area contributed by atoms with Gasteiger partial charge in [0.15, 0.2) is 0 Å². The fourth-order valence-electron chi connectivity index (χ4n) is 5.09. The Morgan fingerprint density at radius 1 is 0.811 bits per heavy atom. The average molecular weight is 493 g/mol. The molecule has 0 saturated carbocycles. The van der Waals surface area contributed by atoms with Gasteiger partial charge in [-0.3, -0.25) is 0 Å². The van der Waals surface area contributed by atoms with Gasteiger partial charge in [0.1, 0.15) is 17.3 Å². The number of para-hydroxylation sites is 3. The Labute approximate surface area is 219 Å². The van der Waals surface area contributed by atoms with Gasteiger partial charge in [-0.05, 0) is 71.0 Å². The number of aromatic nitrogens is 2. The van der Waals surface area contributed by atoms with E-state index in [4.69, 9.17) is 14.5 Å². The van der Waals surface area contributed by atoms with E-state index in [1.54, 1.807) is 7.11 Å². The smallest absolute Gasteiger partial charge is 0.122 e. The minimum absolute atomic E-state index is 0.174. The molecule has 0 aliphatic carbocycles. The van der Waals surface area contributed by atoms with Crippen LogP contribution >= 0.6 is 0 Å². The van der Waals surface area contributed by atoms with E-state index in [0.717, 1.165) is 48.8 Å². The molecular formula is C33H36N2O2. The summed E-state index contributed by atoms with van der Waals surface area (Å²) in [5.74, 6) is 3.63. The summed E-state index contributed by atoms with van der Waals surface area (Å²) in [6.07, 6.45) is 2.02. The predicted molar refractivity (Wildman–Crippen MR) is 153 cm³/mol. The SMILES string of the molecule is COc1ccc2cc(C(C)c3nc4ccccc4n3CCCCOc3ccccc3C(C)C)ccc2c1. The van der Waals surface area contributed by atoms with Crippen molar-refractivity contribution in [1.82, 2.24) is 9.55 Å². The minimum Gasteiger partial charge on any atom is -0.497 e. The molecule has 1 aromatic heterocycles. The largest absolute Gasteiger partial charge is 0.497 e. The molecule has 0 spiro atoms. The Morgan fingerprint density at radius 3 is 2.41 bits per heavy atom. The molecule has 0 fully saturated rings. The summed E-state index contributed by atoms with van der Waals surface area (Å²) in [7, 11) is 1.71. The molecule has 4 nitrogen and oxygen atoms in total. The number of nitrogens with zero attached hydrogens (tertiary/aromatic N) is 2. The highest BCUT2D eigenvalue weighted by molar-refractivity contribution is 5.85.